The smallest absolute Gasteiger partial charge is 0.387 e. The molecule has 1 atom stereocenters. The van der Waals surface area contributed by atoms with Crippen LogP contribution < -0.4 is 4.74 Å². The van der Waals surface area contributed by atoms with E-state index in [4.69, 9.17) is 5.11 Å². The lowest BCUT2D eigenvalue weighted by Crippen LogP contribution is -2.38. The highest BCUT2D eigenvalue weighted by Crippen LogP contribution is 2.21. The summed E-state index contributed by atoms with van der Waals surface area (Å²) in [6.45, 7) is -0.972. The lowest BCUT2D eigenvalue weighted by atomic mass is 9.98. The predicted octanol–water partition coefficient (Wildman–Crippen LogP) is 2.58. The summed E-state index contributed by atoms with van der Waals surface area (Å²) >= 11 is 0. The third kappa shape index (κ3) is 4.16. The normalized spacial score (nSPS) is 20.1. The molecule has 6 heteroatoms. The van der Waals surface area contributed by atoms with Gasteiger partial charge in [0.15, 0.2) is 0 Å². The Morgan fingerprint density at radius 3 is 3.00 bits per heavy atom. The van der Waals surface area contributed by atoms with Crippen LogP contribution in [0.3, 0.4) is 0 Å². The van der Waals surface area contributed by atoms with Crippen LogP contribution in [0, 0.1) is 5.92 Å². The minimum Gasteiger partial charge on any atom is -0.481 e. The van der Waals surface area contributed by atoms with E-state index < -0.39 is 12.6 Å². The quantitative estimate of drug-likeness (QED) is 0.903. The summed E-state index contributed by atoms with van der Waals surface area (Å²) in [5.41, 5.74) is 0.842. The summed E-state index contributed by atoms with van der Waals surface area (Å²) in [5, 5.41) is 9.04. The van der Waals surface area contributed by atoms with Gasteiger partial charge < -0.3 is 9.84 Å². The minimum atomic E-state index is -2.84. The number of hydrogen-bond acceptors (Lipinski definition) is 3. The first-order valence-corrected chi connectivity index (χ1v) is 6.53. The molecule has 2 rings (SSSR count). The Balaban J connectivity index is 1.97. The molecule has 0 aliphatic carbocycles. The van der Waals surface area contributed by atoms with Gasteiger partial charge in [0.25, 0.3) is 0 Å². The van der Waals surface area contributed by atoms with Gasteiger partial charge in [-0.15, -0.1) is 0 Å². The van der Waals surface area contributed by atoms with Gasteiger partial charge in [-0.2, -0.15) is 8.78 Å². The van der Waals surface area contributed by atoms with Crippen molar-refractivity contribution in [1.29, 1.82) is 0 Å². The maximum atomic E-state index is 12.2. The molecular weight excluding hydrogens is 268 g/mol. The highest BCUT2D eigenvalue weighted by atomic mass is 19.3. The number of benzene rings is 1. The number of carboxylic acid groups (broad SMARTS) is 1. The average molecular weight is 285 g/mol. The second-order valence-corrected chi connectivity index (χ2v) is 4.94. The Hall–Kier alpha value is -1.69. The molecule has 0 radical (unpaired) electrons. The first-order chi connectivity index (χ1) is 9.54. The number of hydrogen-bond donors (Lipinski definition) is 1. The Labute approximate surface area is 116 Å². The van der Waals surface area contributed by atoms with Crippen LogP contribution in [0.25, 0.3) is 0 Å². The number of ether oxygens (including phenoxy) is 1. The van der Waals surface area contributed by atoms with Gasteiger partial charge in [0.2, 0.25) is 0 Å². The molecule has 0 amide bonds. The van der Waals surface area contributed by atoms with Crippen LogP contribution in [0.5, 0.6) is 5.75 Å². The minimum absolute atomic E-state index is 0.129. The van der Waals surface area contributed by atoms with E-state index in [1.54, 1.807) is 12.1 Å². The van der Waals surface area contributed by atoms with E-state index in [2.05, 4.69) is 4.74 Å². The molecule has 1 unspecified atom stereocenters. The summed E-state index contributed by atoms with van der Waals surface area (Å²) in [5.74, 6) is -0.988. The van der Waals surface area contributed by atoms with E-state index >= 15 is 0 Å². The lowest BCUT2D eigenvalue weighted by molar-refractivity contribution is -0.143. The molecule has 1 aliphatic rings. The maximum Gasteiger partial charge on any atom is 0.387 e. The molecule has 20 heavy (non-hydrogen) atoms. The van der Waals surface area contributed by atoms with Crippen LogP contribution in [0.4, 0.5) is 8.78 Å². The topological polar surface area (TPSA) is 49.8 Å². The van der Waals surface area contributed by atoms with Crippen LogP contribution >= 0.6 is 0 Å². The number of carbonyl (C=O) groups is 1. The molecule has 0 aromatic heterocycles. The fraction of sp³-hybridized carbons (Fsp3) is 0.500. The predicted molar refractivity (Wildman–Crippen MR) is 68.7 cm³/mol. The molecule has 0 saturated carbocycles. The zero-order valence-corrected chi connectivity index (χ0v) is 11.0. The fourth-order valence-corrected chi connectivity index (χ4v) is 2.48. The molecule has 0 spiro atoms. The van der Waals surface area contributed by atoms with Crippen LogP contribution in [-0.2, 0) is 11.3 Å². The standard InChI is InChI=1S/C14H17F2NO3/c15-14(16)20-12-5-1-3-10(7-12)8-17-6-2-4-11(9-17)13(18)19/h1,3,5,7,11,14H,2,4,6,8-9H2,(H,18,19). The summed E-state index contributed by atoms with van der Waals surface area (Å²) in [4.78, 5) is 13.0. The number of carboxylic acids is 1. The first-order valence-electron chi connectivity index (χ1n) is 6.53. The number of rotatable bonds is 5. The molecule has 1 aliphatic heterocycles. The molecule has 1 saturated heterocycles. The van der Waals surface area contributed by atoms with Crippen molar-refractivity contribution in [2.75, 3.05) is 13.1 Å². The first kappa shape index (κ1) is 14.7. The monoisotopic (exact) mass is 285 g/mol. The van der Waals surface area contributed by atoms with Gasteiger partial charge in [0.1, 0.15) is 5.75 Å². The summed E-state index contributed by atoms with van der Waals surface area (Å²) < 4.78 is 28.7. The van der Waals surface area contributed by atoms with E-state index in [0.29, 0.717) is 19.5 Å². The van der Waals surface area contributed by atoms with E-state index in [9.17, 15) is 13.6 Å². The third-order valence-electron chi connectivity index (χ3n) is 3.38. The highest BCUT2D eigenvalue weighted by Gasteiger charge is 2.25. The number of nitrogens with zero attached hydrogens (tertiary/aromatic N) is 1. The Morgan fingerprint density at radius 2 is 2.30 bits per heavy atom. The second-order valence-electron chi connectivity index (χ2n) is 4.94. The van der Waals surface area contributed by atoms with Crippen LogP contribution in [0.1, 0.15) is 18.4 Å². The molecule has 110 valence electrons. The van der Waals surface area contributed by atoms with Crippen molar-refractivity contribution in [2.45, 2.75) is 26.0 Å². The number of alkyl halides is 2. The van der Waals surface area contributed by atoms with Gasteiger partial charge in [-0.25, -0.2) is 0 Å². The van der Waals surface area contributed by atoms with E-state index in [-0.39, 0.29) is 11.7 Å². The molecule has 1 fully saturated rings. The highest BCUT2D eigenvalue weighted by molar-refractivity contribution is 5.70. The molecule has 4 nitrogen and oxygen atoms in total. The van der Waals surface area contributed by atoms with Crippen molar-refractivity contribution < 1.29 is 23.4 Å². The van der Waals surface area contributed by atoms with Crippen molar-refractivity contribution in [2.24, 2.45) is 5.92 Å². The third-order valence-corrected chi connectivity index (χ3v) is 3.38. The average Bonchev–Trinajstić information content (AvgIpc) is 2.38. The van der Waals surface area contributed by atoms with E-state index in [1.807, 2.05) is 11.0 Å². The number of aliphatic carboxylic acids is 1. The van der Waals surface area contributed by atoms with Crippen molar-refractivity contribution in [3.05, 3.63) is 29.8 Å². The van der Waals surface area contributed by atoms with E-state index in [0.717, 1.165) is 18.5 Å². The Morgan fingerprint density at radius 1 is 1.50 bits per heavy atom. The van der Waals surface area contributed by atoms with Crippen LogP contribution in [0.2, 0.25) is 0 Å². The van der Waals surface area contributed by atoms with E-state index in [1.165, 1.54) is 6.07 Å². The molecule has 1 heterocycles. The van der Waals surface area contributed by atoms with Crippen molar-refractivity contribution in [1.82, 2.24) is 4.90 Å². The molecule has 1 N–H and O–H groups in total. The van der Waals surface area contributed by atoms with Gasteiger partial charge in [-0.05, 0) is 37.1 Å². The van der Waals surface area contributed by atoms with Gasteiger partial charge >= 0.3 is 12.6 Å². The maximum absolute atomic E-state index is 12.2. The van der Waals surface area contributed by atoms with Crippen LogP contribution in [0.15, 0.2) is 24.3 Å². The van der Waals surface area contributed by atoms with Crippen molar-refractivity contribution >= 4 is 5.97 Å². The summed E-state index contributed by atoms with van der Waals surface area (Å²) in [6.07, 6.45) is 1.53. The Bertz CT molecular complexity index is 467. The molecule has 1 aromatic carbocycles. The zero-order chi connectivity index (χ0) is 14.5. The largest absolute Gasteiger partial charge is 0.481 e. The van der Waals surface area contributed by atoms with Crippen LogP contribution in [-0.4, -0.2) is 35.7 Å². The number of halogens is 2. The summed E-state index contributed by atoms with van der Waals surface area (Å²) in [6, 6.07) is 6.52. The van der Waals surface area contributed by atoms with Crippen molar-refractivity contribution in [3.8, 4) is 5.75 Å². The second kappa shape index (κ2) is 6.65. The SMILES string of the molecule is O=C(O)C1CCCN(Cc2cccc(OC(F)F)c2)C1. The van der Waals surface area contributed by atoms with Gasteiger partial charge in [0.05, 0.1) is 5.92 Å². The van der Waals surface area contributed by atoms with Gasteiger partial charge in [-0.3, -0.25) is 9.69 Å². The summed E-state index contributed by atoms with van der Waals surface area (Å²) in [7, 11) is 0. The van der Waals surface area contributed by atoms with Gasteiger partial charge in [-0.1, -0.05) is 12.1 Å². The zero-order valence-electron chi connectivity index (χ0n) is 11.0. The lowest BCUT2D eigenvalue weighted by Gasteiger charge is -2.30. The van der Waals surface area contributed by atoms with Gasteiger partial charge in [0, 0.05) is 13.1 Å². The number of piperidine rings is 1. The molecular formula is C14H17F2NO3. The molecule has 1 aromatic rings. The fourth-order valence-electron chi connectivity index (χ4n) is 2.48. The van der Waals surface area contributed by atoms with Crippen molar-refractivity contribution in [3.63, 3.8) is 0 Å². The molecule has 0 bridgehead atoms. The Kier molecular flexibility index (Phi) is 4.89. The number of likely N-dealkylation sites (tertiary alicyclic amines) is 1.